The molecule has 16 heteroatoms. The normalized spacial score (nSPS) is 21.0. The van der Waals surface area contributed by atoms with E-state index in [1.54, 1.807) is 65.8 Å². The van der Waals surface area contributed by atoms with Gasteiger partial charge in [-0.05, 0) is 111 Å². The molecule has 0 unspecified atom stereocenters. The van der Waals surface area contributed by atoms with Crippen LogP contribution in [0.15, 0.2) is 62.8 Å². The molecule has 0 N–H and O–H groups in total. The predicted molar refractivity (Wildman–Crippen MR) is 208 cm³/mol. The van der Waals surface area contributed by atoms with Crippen molar-refractivity contribution in [1.29, 1.82) is 0 Å². The van der Waals surface area contributed by atoms with Crippen molar-refractivity contribution in [2.75, 3.05) is 26.4 Å². The molecule has 3 fully saturated rings. The molecule has 0 aromatic heterocycles. The van der Waals surface area contributed by atoms with E-state index in [-0.39, 0.29) is 61.9 Å². The van der Waals surface area contributed by atoms with Crippen LogP contribution in [0.5, 0.6) is 0 Å². The third kappa shape index (κ3) is 9.27. The number of hydrogen-bond donors (Lipinski definition) is 0. The summed E-state index contributed by atoms with van der Waals surface area (Å²) in [5, 5.41) is 0. The van der Waals surface area contributed by atoms with Crippen molar-refractivity contribution in [3.05, 3.63) is 53.0 Å². The number of carbonyl (C=O) groups excluding carboxylic acids is 2. The number of hydrogen-bond acceptors (Lipinski definition) is 12. The molecule has 300 valence electrons. The molecule has 3 heterocycles. The second kappa shape index (κ2) is 15.9. The maximum Gasteiger partial charge on any atom is 0.494 e. The van der Waals surface area contributed by atoms with Crippen molar-refractivity contribution in [3.63, 3.8) is 0 Å². The number of sulfone groups is 2. The maximum absolute atomic E-state index is 13.7. The van der Waals surface area contributed by atoms with Gasteiger partial charge in [0.15, 0.2) is 29.2 Å². The van der Waals surface area contributed by atoms with Crippen LogP contribution in [0.1, 0.15) is 94.9 Å². The van der Waals surface area contributed by atoms with E-state index >= 15 is 0 Å². The zero-order valence-corrected chi connectivity index (χ0v) is 36.2. The molecule has 12 nitrogen and oxygen atoms in total. The minimum atomic E-state index is -4.02. The Hall–Kier alpha value is -2.34. The fraction of sp³-hybridized carbons (Fsp3) is 0.632. The number of rotatable bonds is 7. The zero-order valence-electron chi connectivity index (χ0n) is 32.9. The molecule has 54 heavy (non-hydrogen) atoms. The van der Waals surface area contributed by atoms with Crippen LogP contribution >= 0.6 is 15.9 Å². The van der Waals surface area contributed by atoms with Crippen molar-refractivity contribution >= 4 is 60.1 Å². The maximum atomic E-state index is 13.7. The standard InChI is InChI=1S/C22H33BO7S.C16H21BrO5S/c1-19(2,3)28-18(24)22(12-14-27-15-13-22)31(25,26)17-10-8-16(9-11-17)23-29-20(4,5)21(6,7)30-23;1-15(2,3)22-14(18)16(8-10-21-11-9-16)23(19,20)13-6-4-12(17)5-7-13/h8-11H,12-15H2,1-7H3;4-7H,8-11H2,1-3H3. The van der Waals surface area contributed by atoms with E-state index < -0.39 is 70.6 Å². The summed E-state index contributed by atoms with van der Waals surface area (Å²) in [4.78, 5) is 26.0. The summed E-state index contributed by atoms with van der Waals surface area (Å²) in [5.41, 5.74) is -1.82. The summed E-state index contributed by atoms with van der Waals surface area (Å²) in [6.07, 6.45) is 0.313. The minimum Gasteiger partial charge on any atom is -0.459 e. The summed E-state index contributed by atoms with van der Waals surface area (Å²) < 4.78 is 84.9. The van der Waals surface area contributed by atoms with E-state index in [1.165, 1.54) is 24.3 Å². The van der Waals surface area contributed by atoms with Gasteiger partial charge in [0, 0.05) is 56.6 Å². The van der Waals surface area contributed by atoms with Gasteiger partial charge in [0.25, 0.3) is 0 Å². The molecule has 0 saturated carbocycles. The van der Waals surface area contributed by atoms with Crippen LogP contribution in [-0.4, -0.2) is 94.2 Å². The molecule has 2 aromatic rings. The third-order valence-electron chi connectivity index (χ3n) is 10.0. The van der Waals surface area contributed by atoms with Crippen LogP contribution in [0.2, 0.25) is 0 Å². The quantitative estimate of drug-likeness (QED) is 0.245. The highest BCUT2D eigenvalue weighted by Crippen LogP contribution is 2.40. The molecule has 0 aliphatic carbocycles. The van der Waals surface area contributed by atoms with Gasteiger partial charge in [-0.15, -0.1) is 0 Å². The molecule has 3 aliphatic rings. The lowest BCUT2D eigenvalue weighted by Gasteiger charge is -2.36. The first kappa shape index (κ1) is 44.4. The van der Waals surface area contributed by atoms with E-state index in [0.717, 1.165) is 9.94 Å². The Kier molecular flexibility index (Phi) is 13.1. The SMILES string of the molecule is CC(C)(C)OC(=O)C1(S(=O)(=O)c2ccc(B3OC(C)(C)C(C)(C)O3)cc2)CCOCC1.CC(C)(C)OC(=O)C1(S(=O)(=O)c2ccc(Br)cc2)CCOCC1. The summed E-state index contributed by atoms with van der Waals surface area (Å²) in [6.45, 7) is 19.0. The van der Waals surface area contributed by atoms with Crippen molar-refractivity contribution in [2.24, 2.45) is 0 Å². The van der Waals surface area contributed by atoms with Gasteiger partial charge in [-0.1, -0.05) is 28.1 Å². The molecule has 3 saturated heterocycles. The minimum absolute atomic E-state index is 0.0588. The topological polar surface area (TPSA) is 158 Å². The van der Waals surface area contributed by atoms with Crippen LogP contribution in [-0.2, 0) is 57.5 Å². The average Bonchev–Trinajstić information content (AvgIpc) is 3.30. The van der Waals surface area contributed by atoms with E-state index in [1.807, 2.05) is 27.7 Å². The Bertz CT molecular complexity index is 1850. The molecule has 0 bridgehead atoms. The highest BCUT2D eigenvalue weighted by Gasteiger charge is 2.56. The molecular formula is C38H54BBrO12S2. The fourth-order valence-corrected chi connectivity index (χ4v) is 10.2. The lowest BCUT2D eigenvalue weighted by atomic mass is 9.79. The largest absolute Gasteiger partial charge is 0.494 e. The van der Waals surface area contributed by atoms with E-state index in [0.29, 0.717) is 0 Å². The molecule has 2 aromatic carbocycles. The van der Waals surface area contributed by atoms with Crippen LogP contribution in [0.4, 0.5) is 0 Å². The van der Waals surface area contributed by atoms with Crippen LogP contribution in [0.3, 0.4) is 0 Å². The lowest BCUT2D eigenvalue weighted by molar-refractivity contribution is -0.161. The first-order valence-corrected chi connectivity index (χ1v) is 21.8. The monoisotopic (exact) mass is 856 g/mol. The van der Waals surface area contributed by atoms with Gasteiger partial charge in [-0.2, -0.15) is 0 Å². The third-order valence-corrected chi connectivity index (χ3v) is 15.5. The number of halogens is 1. The Morgan fingerprint density at radius 2 is 0.926 bits per heavy atom. The molecule has 0 atom stereocenters. The van der Waals surface area contributed by atoms with Crippen LogP contribution in [0, 0.1) is 0 Å². The molecular weight excluding hydrogens is 803 g/mol. The van der Waals surface area contributed by atoms with Crippen molar-refractivity contribution in [1.82, 2.24) is 0 Å². The first-order valence-electron chi connectivity index (χ1n) is 18.0. The smallest absolute Gasteiger partial charge is 0.459 e. The molecule has 0 radical (unpaired) electrons. The highest BCUT2D eigenvalue weighted by molar-refractivity contribution is 9.10. The van der Waals surface area contributed by atoms with Gasteiger partial charge in [-0.25, -0.2) is 16.8 Å². The highest BCUT2D eigenvalue weighted by atomic mass is 79.9. The number of esters is 2. The number of benzene rings is 2. The number of carbonyl (C=O) groups is 2. The Morgan fingerprint density at radius 1 is 0.611 bits per heavy atom. The van der Waals surface area contributed by atoms with Crippen molar-refractivity contribution in [3.8, 4) is 0 Å². The van der Waals surface area contributed by atoms with Gasteiger partial charge < -0.3 is 28.3 Å². The Balaban J connectivity index is 0.000000252. The molecule has 5 rings (SSSR count). The zero-order chi connectivity index (χ0) is 40.6. The lowest BCUT2D eigenvalue weighted by Crippen LogP contribution is -2.53. The first-order chi connectivity index (χ1) is 24.7. The Morgan fingerprint density at radius 3 is 1.24 bits per heavy atom. The summed E-state index contributed by atoms with van der Waals surface area (Å²) in [5.74, 6) is -1.42. The van der Waals surface area contributed by atoms with Gasteiger partial charge >= 0.3 is 19.1 Å². The van der Waals surface area contributed by atoms with Gasteiger partial charge in [0.1, 0.15) is 11.2 Å². The van der Waals surface area contributed by atoms with Gasteiger partial charge in [-0.3, -0.25) is 9.59 Å². The van der Waals surface area contributed by atoms with Gasteiger partial charge in [0.05, 0.1) is 21.0 Å². The summed E-state index contributed by atoms with van der Waals surface area (Å²) >= 11 is 3.28. The molecule has 0 spiro atoms. The van der Waals surface area contributed by atoms with Gasteiger partial charge in [0.2, 0.25) is 0 Å². The second-order valence-electron chi connectivity index (χ2n) is 16.8. The summed E-state index contributed by atoms with van der Waals surface area (Å²) in [6, 6.07) is 12.7. The average molecular weight is 858 g/mol. The van der Waals surface area contributed by atoms with E-state index in [2.05, 4.69) is 15.9 Å². The van der Waals surface area contributed by atoms with Crippen molar-refractivity contribution in [2.45, 2.75) is 137 Å². The Labute approximate surface area is 329 Å². The van der Waals surface area contributed by atoms with Crippen LogP contribution < -0.4 is 5.46 Å². The molecule has 3 aliphatic heterocycles. The fourth-order valence-electron chi connectivity index (χ4n) is 6.16. The number of ether oxygens (including phenoxy) is 4. The van der Waals surface area contributed by atoms with E-state index in [4.69, 9.17) is 28.3 Å². The summed E-state index contributed by atoms with van der Waals surface area (Å²) in [7, 11) is -8.50. The predicted octanol–water partition coefficient (Wildman–Crippen LogP) is 5.76. The van der Waals surface area contributed by atoms with E-state index in [9.17, 15) is 26.4 Å². The van der Waals surface area contributed by atoms with Crippen LogP contribution in [0.25, 0.3) is 0 Å². The molecule has 0 amide bonds. The second-order valence-corrected chi connectivity index (χ2v) is 22.3. The van der Waals surface area contributed by atoms with Crippen molar-refractivity contribution < 1.29 is 54.7 Å².